The van der Waals surface area contributed by atoms with Crippen LogP contribution in [0.4, 0.5) is 0 Å². The van der Waals surface area contributed by atoms with Crippen LogP contribution >= 0.6 is 24.8 Å². The molecule has 1 aromatic carbocycles. The normalized spacial score (nSPS) is 15.3. The summed E-state index contributed by atoms with van der Waals surface area (Å²) in [7, 11) is 0. The first-order chi connectivity index (χ1) is 11.1. The highest BCUT2D eigenvalue weighted by molar-refractivity contribution is 5.85. The third-order valence-corrected chi connectivity index (χ3v) is 3.92. The zero-order valence-electron chi connectivity index (χ0n) is 14.1. The molecule has 0 aliphatic carbocycles. The van der Waals surface area contributed by atoms with Gasteiger partial charge >= 0.3 is 0 Å². The maximum atomic E-state index is 12.5. The van der Waals surface area contributed by atoms with E-state index in [2.05, 4.69) is 11.9 Å². The van der Waals surface area contributed by atoms with E-state index in [1.165, 1.54) is 0 Å². The number of nitrogens with zero attached hydrogens (tertiary/aromatic N) is 2. The third-order valence-electron chi connectivity index (χ3n) is 3.92. The molecule has 25 heavy (non-hydrogen) atoms. The second-order valence-corrected chi connectivity index (χ2v) is 5.58. The fourth-order valence-electron chi connectivity index (χ4n) is 2.57. The van der Waals surface area contributed by atoms with Gasteiger partial charge < -0.3 is 16.0 Å². The first-order valence-electron chi connectivity index (χ1n) is 7.81. The van der Waals surface area contributed by atoms with Gasteiger partial charge in [0.2, 0.25) is 11.8 Å². The van der Waals surface area contributed by atoms with E-state index in [1.54, 1.807) is 11.0 Å². The Morgan fingerprint density at radius 1 is 1.16 bits per heavy atom. The van der Waals surface area contributed by atoms with Crippen LogP contribution in [0.25, 0.3) is 0 Å². The minimum Gasteiger partial charge on any atom is -0.352 e. The van der Waals surface area contributed by atoms with Crippen molar-refractivity contribution < 1.29 is 9.59 Å². The van der Waals surface area contributed by atoms with Crippen LogP contribution in [0.1, 0.15) is 11.6 Å². The fraction of sp³-hybridized carbons (Fsp3) is 0.412. The van der Waals surface area contributed by atoms with Gasteiger partial charge in [0.05, 0.1) is 6.54 Å². The van der Waals surface area contributed by atoms with E-state index in [1.807, 2.05) is 35.2 Å². The lowest BCUT2D eigenvalue weighted by molar-refractivity contribution is -0.134. The molecule has 1 aromatic rings. The van der Waals surface area contributed by atoms with E-state index in [-0.39, 0.29) is 36.6 Å². The molecule has 3 N–H and O–H groups in total. The van der Waals surface area contributed by atoms with Gasteiger partial charge in [0.15, 0.2) is 0 Å². The topological polar surface area (TPSA) is 78.7 Å². The number of hydrogen-bond donors (Lipinski definition) is 2. The largest absolute Gasteiger partial charge is 0.352 e. The van der Waals surface area contributed by atoms with Gasteiger partial charge in [0.1, 0.15) is 6.04 Å². The third kappa shape index (κ3) is 7.04. The monoisotopic (exact) mass is 388 g/mol. The molecule has 2 rings (SSSR count). The predicted molar refractivity (Wildman–Crippen MR) is 104 cm³/mol. The number of rotatable bonds is 6. The quantitative estimate of drug-likeness (QED) is 0.711. The first-order valence-corrected chi connectivity index (χ1v) is 7.81. The summed E-state index contributed by atoms with van der Waals surface area (Å²) in [6.07, 6.45) is 1.65. The molecule has 0 bridgehead atoms. The van der Waals surface area contributed by atoms with Crippen molar-refractivity contribution in [3.8, 4) is 0 Å². The molecule has 1 aliphatic rings. The summed E-state index contributed by atoms with van der Waals surface area (Å²) in [6.45, 7) is 6.92. The van der Waals surface area contributed by atoms with Crippen molar-refractivity contribution in [2.75, 3.05) is 39.3 Å². The number of nitrogens with one attached hydrogen (secondary N) is 1. The van der Waals surface area contributed by atoms with Crippen molar-refractivity contribution in [3.63, 3.8) is 0 Å². The van der Waals surface area contributed by atoms with Crippen LogP contribution in [0, 0.1) is 0 Å². The number of benzene rings is 1. The Labute approximate surface area is 161 Å². The second kappa shape index (κ2) is 11.9. The predicted octanol–water partition coefficient (Wildman–Crippen LogP) is 0.976. The smallest absolute Gasteiger partial charge is 0.244 e. The summed E-state index contributed by atoms with van der Waals surface area (Å²) in [4.78, 5) is 28.0. The van der Waals surface area contributed by atoms with Crippen molar-refractivity contribution in [1.29, 1.82) is 0 Å². The maximum absolute atomic E-state index is 12.5. The molecule has 0 saturated carbocycles. The van der Waals surface area contributed by atoms with Gasteiger partial charge in [-0.15, -0.1) is 31.4 Å². The second-order valence-electron chi connectivity index (χ2n) is 5.58. The molecule has 2 amide bonds. The highest BCUT2D eigenvalue weighted by Gasteiger charge is 2.26. The molecule has 0 radical (unpaired) electrons. The van der Waals surface area contributed by atoms with Crippen LogP contribution in [-0.2, 0) is 9.59 Å². The van der Waals surface area contributed by atoms with Crippen molar-refractivity contribution in [3.05, 3.63) is 48.6 Å². The Morgan fingerprint density at radius 3 is 2.32 bits per heavy atom. The zero-order valence-corrected chi connectivity index (χ0v) is 15.7. The summed E-state index contributed by atoms with van der Waals surface area (Å²) in [5.41, 5.74) is 6.88. The molecular weight excluding hydrogens is 363 g/mol. The minimum absolute atomic E-state index is 0. The molecule has 8 heteroatoms. The lowest BCUT2D eigenvalue weighted by atomic mass is 10.1. The Balaban J connectivity index is 0.00000288. The van der Waals surface area contributed by atoms with Crippen LogP contribution in [0.3, 0.4) is 0 Å². The Morgan fingerprint density at radius 2 is 1.76 bits per heavy atom. The van der Waals surface area contributed by atoms with Crippen LogP contribution in [-0.4, -0.2) is 60.9 Å². The molecule has 140 valence electrons. The van der Waals surface area contributed by atoms with Crippen molar-refractivity contribution in [2.24, 2.45) is 5.73 Å². The minimum atomic E-state index is -0.626. The standard InChI is InChI=1S/C17H24N4O2.2ClH/c1-2-8-19-15(22)13-20-9-11-21(12-10-20)17(23)16(18)14-6-4-3-5-7-14;;/h2-7,16H,1,8-13,18H2,(H,19,22);2*1H. The molecule has 0 spiro atoms. The van der Waals surface area contributed by atoms with Gasteiger partial charge in [-0.1, -0.05) is 36.4 Å². The van der Waals surface area contributed by atoms with E-state index in [9.17, 15) is 9.59 Å². The van der Waals surface area contributed by atoms with Crippen molar-refractivity contribution >= 4 is 36.6 Å². The first kappa shape index (κ1) is 23.4. The molecule has 1 saturated heterocycles. The summed E-state index contributed by atoms with van der Waals surface area (Å²) in [5, 5.41) is 2.75. The molecule has 1 atom stereocenters. The Bertz CT molecular complexity index is 549. The summed E-state index contributed by atoms with van der Waals surface area (Å²) < 4.78 is 0. The van der Waals surface area contributed by atoms with E-state index in [4.69, 9.17) is 5.73 Å². The number of carbonyl (C=O) groups excluding carboxylic acids is 2. The number of carbonyl (C=O) groups is 2. The average molecular weight is 389 g/mol. The molecule has 6 nitrogen and oxygen atoms in total. The van der Waals surface area contributed by atoms with Gasteiger partial charge in [0.25, 0.3) is 0 Å². The van der Waals surface area contributed by atoms with Crippen LogP contribution < -0.4 is 11.1 Å². The van der Waals surface area contributed by atoms with E-state index >= 15 is 0 Å². The zero-order chi connectivity index (χ0) is 16.7. The van der Waals surface area contributed by atoms with E-state index in [0.29, 0.717) is 39.3 Å². The number of hydrogen-bond acceptors (Lipinski definition) is 4. The molecule has 1 unspecified atom stereocenters. The number of amides is 2. The highest BCUT2D eigenvalue weighted by Crippen LogP contribution is 2.14. The van der Waals surface area contributed by atoms with E-state index < -0.39 is 6.04 Å². The molecule has 1 heterocycles. The molecule has 0 aromatic heterocycles. The molecular formula is C17H26Cl2N4O2. The number of piperazine rings is 1. The van der Waals surface area contributed by atoms with Gasteiger partial charge in [-0.3, -0.25) is 14.5 Å². The van der Waals surface area contributed by atoms with Crippen LogP contribution in [0.5, 0.6) is 0 Å². The number of nitrogens with two attached hydrogens (primary N) is 1. The van der Waals surface area contributed by atoms with Crippen LogP contribution in [0.15, 0.2) is 43.0 Å². The summed E-state index contributed by atoms with van der Waals surface area (Å²) in [6, 6.07) is 8.76. The van der Waals surface area contributed by atoms with Gasteiger partial charge in [0, 0.05) is 32.7 Å². The molecule has 1 fully saturated rings. The SMILES string of the molecule is C=CCNC(=O)CN1CCN(C(=O)C(N)c2ccccc2)CC1.Cl.Cl. The van der Waals surface area contributed by atoms with Gasteiger partial charge in [-0.2, -0.15) is 0 Å². The lowest BCUT2D eigenvalue weighted by Gasteiger charge is -2.35. The van der Waals surface area contributed by atoms with Gasteiger partial charge in [-0.25, -0.2) is 0 Å². The number of halogens is 2. The Kier molecular flexibility index (Phi) is 11.1. The van der Waals surface area contributed by atoms with Gasteiger partial charge in [-0.05, 0) is 5.56 Å². The van der Waals surface area contributed by atoms with E-state index in [0.717, 1.165) is 5.56 Å². The van der Waals surface area contributed by atoms with Crippen molar-refractivity contribution in [2.45, 2.75) is 6.04 Å². The Hall–Kier alpha value is -1.60. The lowest BCUT2D eigenvalue weighted by Crippen LogP contribution is -2.52. The average Bonchev–Trinajstić information content (AvgIpc) is 2.60. The van der Waals surface area contributed by atoms with Crippen LogP contribution in [0.2, 0.25) is 0 Å². The maximum Gasteiger partial charge on any atom is 0.244 e. The molecule has 1 aliphatic heterocycles. The summed E-state index contributed by atoms with van der Waals surface area (Å²) >= 11 is 0. The highest BCUT2D eigenvalue weighted by atomic mass is 35.5. The fourth-order valence-corrected chi connectivity index (χ4v) is 2.57. The summed E-state index contributed by atoms with van der Waals surface area (Å²) in [5.74, 6) is -0.0855. The van der Waals surface area contributed by atoms with Crippen molar-refractivity contribution in [1.82, 2.24) is 15.1 Å².